The second kappa shape index (κ2) is 9.03. The minimum Gasteiger partial charge on any atom is -0.278 e. The summed E-state index contributed by atoms with van der Waals surface area (Å²) in [7, 11) is 0. The maximum Gasteiger partial charge on any atom is 0.101 e. The number of fused-ring (bicyclic) bond motifs is 3. The monoisotopic (exact) mass is 515 g/mol. The van der Waals surface area contributed by atoms with Crippen molar-refractivity contribution in [3.8, 4) is 22.3 Å². The Bertz CT molecular complexity index is 1930. The summed E-state index contributed by atoms with van der Waals surface area (Å²) in [6.07, 6.45) is 6.11. The van der Waals surface area contributed by atoms with Crippen molar-refractivity contribution in [1.82, 2.24) is 0 Å². The molecule has 0 fully saturated rings. The summed E-state index contributed by atoms with van der Waals surface area (Å²) in [6, 6.07) is 40.6. The molecule has 7 rings (SSSR count). The Morgan fingerprint density at radius 3 is 1.75 bits per heavy atom. The van der Waals surface area contributed by atoms with Crippen LogP contribution in [0.25, 0.3) is 54.6 Å². The quantitative estimate of drug-likeness (QED) is 0.208. The van der Waals surface area contributed by atoms with Crippen LogP contribution in [0.15, 0.2) is 126 Å². The van der Waals surface area contributed by atoms with Crippen LogP contribution in [0.1, 0.15) is 38.8 Å². The van der Waals surface area contributed by atoms with Crippen molar-refractivity contribution in [2.24, 2.45) is 4.99 Å². The highest BCUT2D eigenvalue weighted by atomic mass is 14.8. The van der Waals surface area contributed by atoms with Gasteiger partial charge in [0.15, 0.2) is 0 Å². The lowest BCUT2D eigenvalue weighted by Crippen LogP contribution is -2.13. The fraction of sp³-hybridized carbons (Fsp3) is 0.154. The Labute approximate surface area is 236 Å². The molecule has 0 spiro atoms. The zero-order valence-corrected chi connectivity index (χ0v) is 23.6. The van der Waals surface area contributed by atoms with Crippen molar-refractivity contribution in [3.63, 3.8) is 0 Å². The van der Waals surface area contributed by atoms with Crippen molar-refractivity contribution >= 4 is 38.5 Å². The maximum atomic E-state index is 4.73. The predicted molar refractivity (Wildman–Crippen MR) is 174 cm³/mol. The molecule has 0 saturated heterocycles. The van der Waals surface area contributed by atoms with Gasteiger partial charge in [-0.25, -0.2) is 0 Å². The SMILES string of the molecule is CC(C)(C)c1cccc(-c2c3ccccc3c(-c3ccc4ccc(C5(C)C=CC=N5)cc4c3)c3ccccc23)c1. The Morgan fingerprint density at radius 2 is 1.18 bits per heavy atom. The highest BCUT2D eigenvalue weighted by molar-refractivity contribution is 6.21. The largest absolute Gasteiger partial charge is 0.278 e. The van der Waals surface area contributed by atoms with E-state index in [2.05, 4.69) is 143 Å². The lowest BCUT2D eigenvalue weighted by atomic mass is 9.82. The van der Waals surface area contributed by atoms with Crippen LogP contribution in [0.2, 0.25) is 0 Å². The van der Waals surface area contributed by atoms with E-state index in [1.165, 1.54) is 65.7 Å². The van der Waals surface area contributed by atoms with E-state index in [1.807, 2.05) is 12.3 Å². The number of allylic oxidation sites excluding steroid dienone is 1. The molecule has 1 atom stereocenters. The number of nitrogens with zero attached hydrogens (tertiary/aromatic N) is 1. The first-order valence-corrected chi connectivity index (χ1v) is 14.1. The molecule has 1 aliphatic rings. The fourth-order valence-corrected chi connectivity index (χ4v) is 6.25. The second-order valence-corrected chi connectivity index (χ2v) is 12.2. The average Bonchev–Trinajstić information content (AvgIpc) is 3.42. The third-order valence-corrected chi connectivity index (χ3v) is 8.51. The molecular weight excluding hydrogens is 482 g/mol. The van der Waals surface area contributed by atoms with Gasteiger partial charge in [-0.2, -0.15) is 0 Å². The van der Waals surface area contributed by atoms with Gasteiger partial charge in [0, 0.05) is 6.21 Å². The van der Waals surface area contributed by atoms with Gasteiger partial charge in [-0.3, -0.25) is 4.99 Å². The van der Waals surface area contributed by atoms with Gasteiger partial charge in [0.05, 0.1) is 0 Å². The topological polar surface area (TPSA) is 12.4 Å². The number of rotatable bonds is 3. The van der Waals surface area contributed by atoms with Gasteiger partial charge < -0.3 is 0 Å². The molecule has 40 heavy (non-hydrogen) atoms. The maximum absolute atomic E-state index is 4.73. The molecule has 6 aromatic carbocycles. The van der Waals surface area contributed by atoms with E-state index in [1.54, 1.807) is 0 Å². The smallest absolute Gasteiger partial charge is 0.101 e. The summed E-state index contributed by atoms with van der Waals surface area (Å²) in [5.74, 6) is 0. The molecule has 0 saturated carbocycles. The van der Waals surface area contributed by atoms with E-state index in [0.717, 1.165) is 0 Å². The highest BCUT2D eigenvalue weighted by Crippen LogP contribution is 2.45. The van der Waals surface area contributed by atoms with Crippen LogP contribution < -0.4 is 0 Å². The Hall–Kier alpha value is -4.49. The molecule has 0 bridgehead atoms. The minimum atomic E-state index is -0.299. The molecule has 1 heterocycles. The van der Waals surface area contributed by atoms with Gasteiger partial charge in [-0.15, -0.1) is 0 Å². The Kier molecular flexibility index (Phi) is 5.54. The van der Waals surface area contributed by atoms with Gasteiger partial charge in [0.1, 0.15) is 5.54 Å². The average molecular weight is 516 g/mol. The highest BCUT2D eigenvalue weighted by Gasteiger charge is 2.24. The summed E-state index contributed by atoms with van der Waals surface area (Å²) >= 11 is 0. The minimum absolute atomic E-state index is 0.0855. The first kappa shape index (κ1) is 24.5. The van der Waals surface area contributed by atoms with Gasteiger partial charge in [-0.1, -0.05) is 124 Å². The molecule has 0 N–H and O–H groups in total. The molecule has 1 unspecified atom stereocenters. The van der Waals surface area contributed by atoms with Gasteiger partial charge in [0.2, 0.25) is 0 Å². The third-order valence-electron chi connectivity index (χ3n) is 8.51. The molecule has 6 aromatic rings. The fourth-order valence-electron chi connectivity index (χ4n) is 6.25. The molecule has 1 heteroatoms. The predicted octanol–water partition coefficient (Wildman–Crippen LogP) is 10.6. The molecule has 0 radical (unpaired) electrons. The standard InChI is InChI=1S/C39H33N/c1-38(2,3)30-12-9-11-27(24-30)36-32-13-5-7-15-34(32)37(35-16-8-6-14-33(35)36)28-18-17-26-19-20-31(25-29(26)23-28)39(4)21-10-22-40-39/h5-25H,1-4H3. The third kappa shape index (κ3) is 3.97. The van der Waals surface area contributed by atoms with E-state index in [9.17, 15) is 0 Å². The van der Waals surface area contributed by atoms with Gasteiger partial charge >= 0.3 is 0 Å². The van der Waals surface area contributed by atoms with E-state index < -0.39 is 0 Å². The summed E-state index contributed by atoms with van der Waals surface area (Å²) in [4.78, 5) is 4.73. The molecule has 194 valence electrons. The Morgan fingerprint density at radius 1 is 0.575 bits per heavy atom. The van der Waals surface area contributed by atoms with Crippen LogP contribution in [-0.4, -0.2) is 6.21 Å². The number of benzene rings is 6. The summed E-state index contributed by atoms with van der Waals surface area (Å²) in [5.41, 5.74) is 7.46. The van der Waals surface area contributed by atoms with Crippen molar-refractivity contribution in [2.75, 3.05) is 0 Å². The normalized spacial score (nSPS) is 16.9. The molecule has 0 amide bonds. The van der Waals surface area contributed by atoms with E-state index in [4.69, 9.17) is 4.99 Å². The van der Waals surface area contributed by atoms with E-state index >= 15 is 0 Å². The molecule has 0 aliphatic carbocycles. The molecule has 1 aliphatic heterocycles. The van der Waals surface area contributed by atoms with Gasteiger partial charge in [0.25, 0.3) is 0 Å². The lowest BCUT2D eigenvalue weighted by Gasteiger charge is -2.22. The van der Waals surface area contributed by atoms with Crippen LogP contribution in [0, 0.1) is 0 Å². The number of aliphatic imine (C=N–C) groups is 1. The first-order chi connectivity index (χ1) is 19.3. The lowest BCUT2D eigenvalue weighted by molar-refractivity contribution is 0.590. The second-order valence-electron chi connectivity index (χ2n) is 12.2. The van der Waals surface area contributed by atoms with E-state index in [0.29, 0.717) is 0 Å². The van der Waals surface area contributed by atoms with Crippen molar-refractivity contribution in [3.05, 3.63) is 132 Å². The summed E-state index contributed by atoms with van der Waals surface area (Å²) in [6.45, 7) is 9.03. The van der Waals surface area contributed by atoms with Crippen molar-refractivity contribution in [1.29, 1.82) is 0 Å². The van der Waals surface area contributed by atoms with Gasteiger partial charge in [-0.05, 0) is 96.2 Å². The Balaban J connectivity index is 1.51. The zero-order chi connectivity index (χ0) is 27.5. The molecule has 0 aromatic heterocycles. The van der Waals surface area contributed by atoms with Crippen LogP contribution >= 0.6 is 0 Å². The summed E-state index contributed by atoms with van der Waals surface area (Å²) < 4.78 is 0. The zero-order valence-electron chi connectivity index (χ0n) is 23.6. The van der Waals surface area contributed by atoms with Crippen LogP contribution in [0.3, 0.4) is 0 Å². The summed E-state index contributed by atoms with van der Waals surface area (Å²) in [5, 5.41) is 7.61. The number of hydrogen-bond acceptors (Lipinski definition) is 1. The van der Waals surface area contributed by atoms with Crippen molar-refractivity contribution < 1.29 is 0 Å². The number of hydrogen-bond donors (Lipinski definition) is 0. The van der Waals surface area contributed by atoms with Crippen molar-refractivity contribution in [2.45, 2.75) is 38.6 Å². The first-order valence-electron chi connectivity index (χ1n) is 14.1. The van der Waals surface area contributed by atoms with E-state index in [-0.39, 0.29) is 11.0 Å². The molecular formula is C39H33N. The van der Waals surface area contributed by atoms with Crippen LogP contribution in [0.5, 0.6) is 0 Å². The van der Waals surface area contributed by atoms with Crippen LogP contribution in [0.4, 0.5) is 0 Å². The van der Waals surface area contributed by atoms with Crippen LogP contribution in [-0.2, 0) is 11.0 Å². The molecule has 1 nitrogen and oxygen atoms in total.